The average Bonchev–Trinajstić information content (AvgIpc) is 2.64. The normalized spacial score (nSPS) is 9.92. The van der Waals surface area contributed by atoms with Crippen LogP contribution in [-0.2, 0) is 4.79 Å². The number of rotatable bonds is 9. The molecule has 2 rings (SSSR count). The predicted octanol–water partition coefficient (Wildman–Crippen LogP) is 3.05. The van der Waals surface area contributed by atoms with Gasteiger partial charge >= 0.3 is 0 Å². The fourth-order valence-corrected chi connectivity index (χ4v) is 2.00. The predicted molar refractivity (Wildman–Crippen MR) is 90.8 cm³/mol. The standard InChI is InChI=1S/C19H19FN2O3/c20-16-5-9-17(10-6-16)24-12-2-1-11-22-19(23)14-25-18-7-3-15(13-21)4-8-18/h3-10H,1-2,11-12,14H2,(H,22,23). The molecule has 0 saturated heterocycles. The SMILES string of the molecule is N#Cc1ccc(OCC(=O)NCCCCOc2ccc(F)cc2)cc1. The number of carbonyl (C=O) groups excluding carboxylic acids is 1. The number of amides is 1. The molecule has 130 valence electrons. The van der Waals surface area contributed by atoms with Crippen molar-refractivity contribution in [2.45, 2.75) is 12.8 Å². The van der Waals surface area contributed by atoms with Gasteiger partial charge in [-0.1, -0.05) is 0 Å². The molecule has 1 N–H and O–H groups in total. The summed E-state index contributed by atoms with van der Waals surface area (Å²) in [5, 5.41) is 11.5. The highest BCUT2D eigenvalue weighted by Crippen LogP contribution is 2.12. The van der Waals surface area contributed by atoms with E-state index in [4.69, 9.17) is 14.7 Å². The fraction of sp³-hybridized carbons (Fsp3) is 0.263. The summed E-state index contributed by atoms with van der Waals surface area (Å²) < 4.78 is 23.5. The van der Waals surface area contributed by atoms with Gasteiger partial charge in [0.15, 0.2) is 6.61 Å². The zero-order chi connectivity index (χ0) is 17.9. The van der Waals surface area contributed by atoms with Crippen molar-refractivity contribution >= 4 is 5.91 Å². The van der Waals surface area contributed by atoms with Crippen molar-refractivity contribution in [3.63, 3.8) is 0 Å². The third-order valence-corrected chi connectivity index (χ3v) is 3.33. The van der Waals surface area contributed by atoms with Gasteiger partial charge in [-0.3, -0.25) is 4.79 Å². The minimum Gasteiger partial charge on any atom is -0.494 e. The van der Waals surface area contributed by atoms with Gasteiger partial charge in [-0.15, -0.1) is 0 Å². The molecule has 0 saturated carbocycles. The summed E-state index contributed by atoms with van der Waals surface area (Å²) in [6, 6.07) is 14.4. The summed E-state index contributed by atoms with van der Waals surface area (Å²) in [7, 11) is 0. The molecule has 2 aromatic rings. The first-order valence-corrected chi connectivity index (χ1v) is 7.95. The van der Waals surface area contributed by atoms with E-state index in [1.807, 2.05) is 6.07 Å². The zero-order valence-corrected chi connectivity index (χ0v) is 13.7. The van der Waals surface area contributed by atoms with Crippen molar-refractivity contribution in [3.05, 3.63) is 59.9 Å². The van der Waals surface area contributed by atoms with Crippen LogP contribution in [0.15, 0.2) is 48.5 Å². The first-order valence-electron chi connectivity index (χ1n) is 7.95. The molecule has 0 heterocycles. The molecule has 0 aliphatic rings. The molecular formula is C19H19FN2O3. The van der Waals surface area contributed by atoms with Crippen molar-refractivity contribution in [1.82, 2.24) is 5.32 Å². The molecule has 0 aliphatic heterocycles. The lowest BCUT2D eigenvalue weighted by atomic mass is 10.2. The van der Waals surface area contributed by atoms with Crippen molar-refractivity contribution in [2.75, 3.05) is 19.8 Å². The maximum absolute atomic E-state index is 12.7. The Morgan fingerprint density at radius 2 is 1.64 bits per heavy atom. The van der Waals surface area contributed by atoms with Crippen LogP contribution in [0.1, 0.15) is 18.4 Å². The highest BCUT2D eigenvalue weighted by Gasteiger charge is 2.02. The average molecular weight is 342 g/mol. The third-order valence-electron chi connectivity index (χ3n) is 3.33. The fourth-order valence-electron chi connectivity index (χ4n) is 2.00. The number of halogens is 1. The van der Waals surface area contributed by atoms with Crippen molar-refractivity contribution < 1.29 is 18.7 Å². The second kappa shape index (κ2) is 9.93. The summed E-state index contributed by atoms with van der Waals surface area (Å²) in [5.41, 5.74) is 0.541. The summed E-state index contributed by atoms with van der Waals surface area (Å²) in [6.07, 6.45) is 1.54. The Balaban J connectivity index is 1.53. The molecule has 2 aromatic carbocycles. The van der Waals surface area contributed by atoms with Gasteiger partial charge in [-0.25, -0.2) is 4.39 Å². The molecule has 25 heavy (non-hydrogen) atoms. The van der Waals surface area contributed by atoms with Gasteiger partial charge in [0.05, 0.1) is 18.2 Å². The van der Waals surface area contributed by atoms with Crippen LogP contribution in [-0.4, -0.2) is 25.7 Å². The Hall–Kier alpha value is -3.07. The van der Waals surface area contributed by atoms with Crippen LogP contribution in [0.5, 0.6) is 11.5 Å². The molecule has 0 spiro atoms. The van der Waals surface area contributed by atoms with Gasteiger partial charge in [-0.05, 0) is 61.4 Å². The Bertz CT molecular complexity index is 709. The second-order valence-corrected chi connectivity index (χ2v) is 5.28. The van der Waals surface area contributed by atoms with E-state index in [1.54, 1.807) is 36.4 Å². The van der Waals surface area contributed by atoms with E-state index in [2.05, 4.69) is 5.32 Å². The Morgan fingerprint density at radius 3 is 2.32 bits per heavy atom. The third kappa shape index (κ3) is 6.92. The lowest BCUT2D eigenvalue weighted by molar-refractivity contribution is -0.123. The topological polar surface area (TPSA) is 71.3 Å². The molecule has 0 aliphatic carbocycles. The number of nitriles is 1. The highest BCUT2D eigenvalue weighted by molar-refractivity contribution is 5.77. The first kappa shape index (κ1) is 18.3. The minimum atomic E-state index is -0.293. The molecule has 0 fully saturated rings. The Kier molecular flexibility index (Phi) is 7.26. The molecule has 6 heteroatoms. The smallest absolute Gasteiger partial charge is 0.257 e. The second-order valence-electron chi connectivity index (χ2n) is 5.28. The van der Waals surface area contributed by atoms with E-state index in [9.17, 15) is 9.18 Å². The van der Waals surface area contributed by atoms with Crippen LogP contribution < -0.4 is 14.8 Å². The van der Waals surface area contributed by atoms with Crippen molar-refractivity contribution in [2.24, 2.45) is 0 Å². The Labute approximate surface area is 146 Å². The van der Waals surface area contributed by atoms with Crippen molar-refractivity contribution in [1.29, 1.82) is 5.26 Å². The number of benzene rings is 2. The molecule has 0 radical (unpaired) electrons. The minimum absolute atomic E-state index is 0.0714. The highest BCUT2D eigenvalue weighted by atomic mass is 19.1. The van der Waals surface area contributed by atoms with Crippen molar-refractivity contribution in [3.8, 4) is 17.6 Å². The zero-order valence-electron chi connectivity index (χ0n) is 13.7. The lowest BCUT2D eigenvalue weighted by Crippen LogP contribution is -2.29. The summed E-state index contributed by atoms with van der Waals surface area (Å²) >= 11 is 0. The molecule has 1 amide bonds. The summed E-state index contributed by atoms with van der Waals surface area (Å²) in [5.74, 6) is 0.671. The van der Waals surface area contributed by atoms with E-state index < -0.39 is 0 Å². The van der Waals surface area contributed by atoms with Gasteiger partial charge in [0.2, 0.25) is 0 Å². The number of hydrogen-bond acceptors (Lipinski definition) is 4. The van der Waals surface area contributed by atoms with Crippen LogP contribution in [0.25, 0.3) is 0 Å². The van der Waals surface area contributed by atoms with E-state index >= 15 is 0 Å². The number of nitrogens with zero attached hydrogens (tertiary/aromatic N) is 1. The monoisotopic (exact) mass is 342 g/mol. The maximum atomic E-state index is 12.7. The largest absolute Gasteiger partial charge is 0.494 e. The van der Waals surface area contributed by atoms with E-state index in [0.717, 1.165) is 12.8 Å². The number of ether oxygens (including phenoxy) is 2. The van der Waals surface area contributed by atoms with Gasteiger partial charge in [0.25, 0.3) is 5.91 Å². The van der Waals surface area contributed by atoms with Gasteiger partial charge < -0.3 is 14.8 Å². The molecule has 0 atom stereocenters. The van der Waals surface area contributed by atoms with Gasteiger partial charge in [0, 0.05) is 6.54 Å². The van der Waals surface area contributed by atoms with E-state index in [1.165, 1.54) is 12.1 Å². The van der Waals surface area contributed by atoms with Crippen LogP contribution in [0.2, 0.25) is 0 Å². The lowest BCUT2D eigenvalue weighted by Gasteiger charge is -2.08. The maximum Gasteiger partial charge on any atom is 0.257 e. The van der Waals surface area contributed by atoms with Crippen LogP contribution in [0.3, 0.4) is 0 Å². The van der Waals surface area contributed by atoms with E-state index in [-0.39, 0.29) is 18.3 Å². The first-order chi connectivity index (χ1) is 12.2. The van der Waals surface area contributed by atoms with Gasteiger partial charge in [-0.2, -0.15) is 5.26 Å². The van der Waals surface area contributed by atoms with Gasteiger partial charge in [0.1, 0.15) is 17.3 Å². The van der Waals surface area contributed by atoms with Crippen LogP contribution in [0, 0.1) is 17.1 Å². The van der Waals surface area contributed by atoms with Crippen LogP contribution in [0.4, 0.5) is 4.39 Å². The molecule has 0 bridgehead atoms. The number of carbonyl (C=O) groups is 1. The molecule has 0 aromatic heterocycles. The number of nitrogens with one attached hydrogen (secondary N) is 1. The summed E-state index contributed by atoms with van der Waals surface area (Å²) in [6.45, 7) is 0.962. The van der Waals surface area contributed by atoms with E-state index in [0.29, 0.717) is 30.2 Å². The molecule has 0 unspecified atom stereocenters. The number of unbranched alkanes of at least 4 members (excludes halogenated alkanes) is 1. The number of hydrogen-bond donors (Lipinski definition) is 1. The summed E-state index contributed by atoms with van der Waals surface area (Å²) in [4.78, 5) is 11.7. The quantitative estimate of drug-likeness (QED) is 0.711. The van der Waals surface area contributed by atoms with Crippen LogP contribution >= 0.6 is 0 Å². The molecule has 5 nitrogen and oxygen atoms in total. The molecular weight excluding hydrogens is 323 g/mol. The Morgan fingerprint density at radius 1 is 1.00 bits per heavy atom.